The highest BCUT2D eigenvalue weighted by molar-refractivity contribution is 5.97. The number of ether oxygens (including phenoxy) is 4. The van der Waals surface area contributed by atoms with Gasteiger partial charge in [-0.3, -0.25) is 4.79 Å². The summed E-state index contributed by atoms with van der Waals surface area (Å²) in [6.45, 7) is 3.14. The number of hydrogen-bond donors (Lipinski definition) is 0. The summed E-state index contributed by atoms with van der Waals surface area (Å²) >= 11 is 0. The number of carbonyl (C=O) groups excluding carboxylic acids is 1. The molecular weight excluding hydrogens is 426 g/mol. The van der Waals surface area contributed by atoms with Gasteiger partial charge < -0.3 is 28.4 Å². The number of methoxy groups -OCH3 is 3. The van der Waals surface area contributed by atoms with Crippen molar-refractivity contribution in [3.63, 3.8) is 0 Å². The molecule has 0 aliphatic carbocycles. The third-order valence-electron chi connectivity index (χ3n) is 5.46. The zero-order chi connectivity index (χ0) is 23.4. The molecule has 1 aromatic heterocycles. The zero-order valence-corrected chi connectivity index (χ0v) is 19.2. The van der Waals surface area contributed by atoms with Gasteiger partial charge in [-0.25, -0.2) is 0 Å². The predicted octanol–water partition coefficient (Wildman–Crippen LogP) is 4.07. The molecule has 9 nitrogen and oxygen atoms in total. The number of anilines is 1. The molecule has 1 atom stereocenters. The first-order valence-electron chi connectivity index (χ1n) is 10.7. The van der Waals surface area contributed by atoms with Gasteiger partial charge in [0.15, 0.2) is 11.5 Å². The molecule has 33 heavy (non-hydrogen) atoms. The van der Waals surface area contributed by atoms with Gasteiger partial charge in [0.05, 0.1) is 39.5 Å². The van der Waals surface area contributed by atoms with E-state index in [0.29, 0.717) is 47.8 Å². The quantitative estimate of drug-likeness (QED) is 0.478. The number of benzene rings is 2. The largest absolute Gasteiger partial charge is 0.494 e. The average molecular weight is 453 g/mol. The summed E-state index contributed by atoms with van der Waals surface area (Å²) in [7, 11) is 4.62. The lowest BCUT2D eigenvalue weighted by Gasteiger charge is -2.20. The summed E-state index contributed by atoms with van der Waals surface area (Å²) in [5.41, 5.74) is 1.47. The fourth-order valence-corrected chi connectivity index (χ4v) is 3.78. The third-order valence-corrected chi connectivity index (χ3v) is 5.46. The van der Waals surface area contributed by atoms with Gasteiger partial charge in [0.2, 0.25) is 23.4 Å². The molecule has 1 unspecified atom stereocenters. The Bertz CT molecular complexity index is 1090. The van der Waals surface area contributed by atoms with Crippen molar-refractivity contribution in [2.75, 3.05) is 39.4 Å². The van der Waals surface area contributed by atoms with Crippen LogP contribution >= 0.6 is 0 Å². The van der Waals surface area contributed by atoms with E-state index in [1.54, 1.807) is 17.0 Å². The lowest BCUT2D eigenvalue weighted by Crippen LogP contribution is -2.24. The first-order chi connectivity index (χ1) is 16.1. The number of aromatic nitrogens is 2. The van der Waals surface area contributed by atoms with E-state index in [4.69, 9.17) is 23.5 Å². The first-order valence-corrected chi connectivity index (χ1v) is 10.7. The van der Waals surface area contributed by atoms with E-state index in [1.807, 2.05) is 24.3 Å². The second-order valence-electron chi connectivity index (χ2n) is 7.62. The predicted molar refractivity (Wildman–Crippen MR) is 121 cm³/mol. The number of hydrogen-bond acceptors (Lipinski definition) is 8. The summed E-state index contributed by atoms with van der Waals surface area (Å²) in [4.78, 5) is 19.0. The Morgan fingerprint density at radius 3 is 2.36 bits per heavy atom. The molecule has 1 aliphatic heterocycles. The monoisotopic (exact) mass is 453 g/mol. The lowest BCUT2D eigenvalue weighted by atomic mass is 10.1. The van der Waals surface area contributed by atoms with Crippen LogP contribution in [0.5, 0.6) is 23.0 Å². The molecule has 9 heteroatoms. The van der Waals surface area contributed by atoms with E-state index in [9.17, 15) is 4.79 Å². The Morgan fingerprint density at radius 1 is 1.06 bits per heavy atom. The minimum atomic E-state index is -0.218. The topological polar surface area (TPSA) is 96.2 Å². The number of nitrogens with zero attached hydrogens (tertiary/aromatic N) is 3. The summed E-state index contributed by atoms with van der Waals surface area (Å²) in [6.07, 6.45) is 1.21. The van der Waals surface area contributed by atoms with Gasteiger partial charge in [-0.1, -0.05) is 12.1 Å². The maximum atomic E-state index is 12.8. The molecular formula is C24H27N3O6. The van der Waals surface area contributed by atoms with Gasteiger partial charge >= 0.3 is 0 Å². The maximum Gasteiger partial charge on any atom is 0.232 e. The molecule has 1 fully saturated rings. The summed E-state index contributed by atoms with van der Waals surface area (Å²) in [5.74, 6) is 2.87. The van der Waals surface area contributed by atoms with Crippen molar-refractivity contribution in [3.05, 3.63) is 42.3 Å². The smallest absolute Gasteiger partial charge is 0.232 e. The molecule has 0 N–H and O–H groups in total. The zero-order valence-electron chi connectivity index (χ0n) is 19.2. The molecule has 4 rings (SSSR count). The Kier molecular flexibility index (Phi) is 6.67. The molecule has 0 spiro atoms. The van der Waals surface area contributed by atoms with E-state index < -0.39 is 0 Å². The van der Waals surface area contributed by atoms with E-state index >= 15 is 0 Å². The van der Waals surface area contributed by atoms with Crippen molar-refractivity contribution >= 4 is 11.6 Å². The van der Waals surface area contributed by atoms with Crippen molar-refractivity contribution in [1.29, 1.82) is 0 Å². The van der Waals surface area contributed by atoms with E-state index in [0.717, 1.165) is 17.7 Å². The molecule has 0 saturated carbocycles. The van der Waals surface area contributed by atoms with E-state index in [2.05, 4.69) is 17.1 Å². The average Bonchev–Trinajstić information content (AvgIpc) is 3.49. The summed E-state index contributed by atoms with van der Waals surface area (Å²) in [5, 5.41) is 4.11. The van der Waals surface area contributed by atoms with Crippen LogP contribution in [-0.4, -0.2) is 50.5 Å². The highest BCUT2D eigenvalue weighted by Gasteiger charge is 2.36. The number of carbonyl (C=O) groups is 1. The Labute approximate surface area is 192 Å². The normalized spacial score (nSPS) is 15.6. The molecule has 0 radical (unpaired) electrons. The standard InChI is InChI=1S/C24H27N3O6/c1-5-10-32-18-8-6-15(7-9-18)23-25-24(33-26-23)16-11-21(28)27(14-16)17-12-19(29-2)22(31-4)20(13-17)30-3/h6-9,12-13,16H,5,10-11,14H2,1-4H3. The molecule has 1 saturated heterocycles. The van der Waals surface area contributed by atoms with Crippen LogP contribution in [-0.2, 0) is 4.79 Å². The highest BCUT2D eigenvalue weighted by atomic mass is 16.5. The fourth-order valence-electron chi connectivity index (χ4n) is 3.78. The molecule has 0 bridgehead atoms. The molecule has 2 aromatic carbocycles. The van der Waals surface area contributed by atoms with Crippen LogP contribution in [0.1, 0.15) is 31.6 Å². The van der Waals surface area contributed by atoms with Gasteiger partial charge in [-0.15, -0.1) is 0 Å². The van der Waals surface area contributed by atoms with Crippen LogP contribution < -0.4 is 23.8 Å². The van der Waals surface area contributed by atoms with Gasteiger partial charge in [-0.2, -0.15) is 4.98 Å². The molecule has 3 aromatic rings. The maximum absolute atomic E-state index is 12.8. The summed E-state index contributed by atoms with van der Waals surface area (Å²) in [6, 6.07) is 11.0. The fraction of sp³-hybridized carbons (Fsp3) is 0.375. The number of amides is 1. The van der Waals surface area contributed by atoms with Gasteiger partial charge in [0.1, 0.15) is 5.75 Å². The Morgan fingerprint density at radius 2 is 1.76 bits per heavy atom. The highest BCUT2D eigenvalue weighted by Crippen LogP contribution is 2.43. The van der Waals surface area contributed by atoms with Crippen LogP contribution in [0.3, 0.4) is 0 Å². The van der Waals surface area contributed by atoms with Crippen LogP contribution in [0.2, 0.25) is 0 Å². The van der Waals surface area contributed by atoms with E-state index in [-0.39, 0.29) is 18.2 Å². The van der Waals surface area contributed by atoms with Crippen molar-refractivity contribution < 1.29 is 28.3 Å². The van der Waals surface area contributed by atoms with Crippen LogP contribution in [0.15, 0.2) is 40.9 Å². The number of rotatable bonds is 9. The lowest BCUT2D eigenvalue weighted by molar-refractivity contribution is -0.117. The summed E-state index contributed by atoms with van der Waals surface area (Å²) < 4.78 is 27.3. The minimum Gasteiger partial charge on any atom is -0.494 e. The second-order valence-corrected chi connectivity index (χ2v) is 7.62. The van der Waals surface area contributed by atoms with Crippen molar-refractivity contribution in [1.82, 2.24) is 10.1 Å². The molecule has 1 aliphatic rings. The minimum absolute atomic E-state index is 0.0496. The van der Waals surface area contributed by atoms with Crippen LogP contribution in [0.25, 0.3) is 11.4 Å². The van der Waals surface area contributed by atoms with Crippen molar-refractivity contribution in [3.8, 4) is 34.4 Å². The van der Waals surface area contributed by atoms with Gasteiger partial charge in [0.25, 0.3) is 0 Å². The van der Waals surface area contributed by atoms with Crippen molar-refractivity contribution in [2.24, 2.45) is 0 Å². The first kappa shape index (κ1) is 22.4. The van der Waals surface area contributed by atoms with Gasteiger partial charge in [0, 0.05) is 30.7 Å². The van der Waals surface area contributed by atoms with Crippen LogP contribution in [0, 0.1) is 0 Å². The molecule has 1 amide bonds. The molecule has 2 heterocycles. The Hall–Kier alpha value is -3.75. The van der Waals surface area contributed by atoms with Gasteiger partial charge in [-0.05, 0) is 30.7 Å². The van der Waals surface area contributed by atoms with Crippen molar-refractivity contribution in [2.45, 2.75) is 25.7 Å². The van der Waals surface area contributed by atoms with E-state index in [1.165, 1.54) is 21.3 Å². The van der Waals surface area contributed by atoms with Crippen LogP contribution in [0.4, 0.5) is 5.69 Å². The SMILES string of the molecule is CCCOc1ccc(-c2noc(C3CC(=O)N(c4cc(OC)c(OC)c(OC)c4)C3)n2)cc1. The molecule has 174 valence electrons. The Balaban J connectivity index is 1.52. The third kappa shape index (κ3) is 4.57. The second kappa shape index (κ2) is 9.81.